The molecule has 0 amide bonds. The summed E-state index contributed by atoms with van der Waals surface area (Å²) in [5.41, 5.74) is 3.18. The molecule has 0 aliphatic rings. The zero-order chi connectivity index (χ0) is 20.7. The lowest BCUT2D eigenvalue weighted by Gasteiger charge is -2.13. The van der Waals surface area contributed by atoms with Gasteiger partial charge < -0.3 is 4.57 Å². The topological polar surface area (TPSA) is 4.93 Å². The van der Waals surface area contributed by atoms with Gasteiger partial charge in [-0.1, -0.05) is 64.5 Å². The quantitative estimate of drug-likeness (QED) is 0.215. The van der Waals surface area contributed by atoms with Crippen molar-refractivity contribution in [2.45, 2.75) is 0 Å². The molecule has 0 saturated carbocycles. The summed E-state index contributed by atoms with van der Waals surface area (Å²) >= 11 is 3.64. The zero-order valence-electron chi connectivity index (χ0n) is 16.4. The van der Waals surface area contributed by atoms with E-state index in [1.165, 1.54) is 55.2 Å². The van der Waals surface area contributed by atoms with Gasteiger partial charge >= 0.3 is 0 Å². The molecule has 146 valence electrons. The molecule has 31 heavy (non-hydrogen) atoms. The highest BCUT2D eigenvalue weighted by Gasteiger charge is 2.18. The Balaban J connectivity index is 1.77. The normalized spacial score (nSPS) is 12.2. The van der Waals surface area contributed by atoms with E-state index in [0.717, 1.165) is 21.2 Å². The summed E-state index contributed by atoms with van der Waals surface area (Å²) in [5, 5.41) is 10.1. The number of aromatic nitrogens is 1. The summed E-state index contributed by atoms with van der Waals surface area (Å²) in [6.07, 6.45) is 0. The Morgan fingerprint density at radius 3 is 2.10 bits per heavy atom. The summed E-state index contributed by atoms with van der Waals surface area (Å²) in [6.45, 7) is 0. The average molecular weight is 464 g/mol. The van der Waals surface area contributed by atoms with E-state index in [2.05, 4.69) is 87.2 Å². The maximum absolute atomic E-state index is 13.7. The van der Waals surface area contributed by atoms with Gasteiger partial charge in [0.2, 0.25) is 0 Å². The Morgan fingerprint density at radius 2 is 1.29 bits per heavy atom. The Morgan fingerprint density at radius 1 is 0.581 bits per heavy atom. The molecule has 1 aromatic heterocycles. The van der Waals surface area contributed by atoms with E-state index < -0.39 is 0 Å². The molecule has 0 aliphatic heterocycles. The van der Waals surface area contributed by atoms with Gasteiger partial charge in [-0.2, -0.15) is 0 Å². The van der Waals surface area contributed by atoms with Gasteiger partial charge in [-0.3, -0.25) is 0 Å². The highest BCUT2D eigenvalue weighted by molar-refractivity contribution is 9.10. The lowest BCUT2D eigenvalue weighted by atomic mass is 9.92. The zero-order valence-corrected chi connectivity index (χ0v) is 17.9. The number of rotatable bonds is 1. The number of halogens is 2. The molecule has 0 aliphatic carbocycles. The van der Waals surface area contributed by atoms with Crippen LogP contribution < -0.4 is 0 Å². The molecular weight excluding hydrogens is 449 g/mol. The van der Waals surface area contributed by atoms with Gasteiger partial charge in [0.05, 0.1) is 11.0 Å². The summed E-state index contributed by atoms with van der Waals surface area (Å²) in [6, 6.07) is 30.8. The van der Waals surface area contributed by atoms with E-state index in [1.54, 1.807) is 0 Å². The van der Waals surface area contributed by atoms with Crippen LogP contribution in [0.15, 0.2) is 95.5 Å². The predicted octanol–water partition coefficient (Wildman–Crippen LogP) is 8.58. The number of fused-ring (bicyclic) bond motifs is 4. The Hall–Kier alpha value is -3.43. The van der Waals surface area contributed by atoms with Crippen molar-refractivity contribution in [3.63, 3.8) is 0 Å². The number of hydrogen-bond acceptors (Lipinski definition) is 0. The smallest absolute Gasteiger partial charge is 0.123 e. The van der Waals surface area contributed by atoms with Crippen LogP contribution in [0.1, 0.15) is 0 Å². The maximum Gasteiger partial charge on any atom is 0.123 e. The first-order chi connectivity index (χ1) is 15.2. The van der Waals surface area contributed by atoms with Crippen molar-refractivity contribution in [2.75, 3.05) is 0 Å². The molecule has 1 nitrogen and oxygen atoms in total. The van der Waals surface area contributed by atoms with Crippen molar-refractivity contribution >= 4 is 70.1 Å². The van der Waals surface area contributed by atoms with Crippen LogP contribution >= 0.6 is 15.9 Å². The molecule has 3 heteroatoms. The molecule has 7 aromatic rings. The van der Waals surface area contributed by atoms with Crippen LogP contribution in [0.3, 0.4) is 0 Å². The molecular formula is C28H15BrFN. The largest absolute Gasteiger partial charge is 0.309 e. The van der Waals surface area contributed by atoms with Crippen LogP contribution in [-0.2, 0) is 0 Å². The van der Waals surface area contributed by atoms with Gasteiger partial charge in [-0.15, -0.1) is 0 Å². The third-order valence-corrected chi connectivity index (χ3v) is 6.92. The van der Waals surface area contributed by atoms with Crippen LogP contribution in [0.4, 0.5) is 4.39 Å². The van der Waals surface area contributed by atoms with Gasteiger partial charge in [-0.25, -0.2) is 4.39 Å². The number of hydrogen-bond donors (Lipinski definition) is 0. The Labute approximate surface area is 185 Å². The van der Waals surface area contributed by atoms with Gasteiger partial charge in [0, 0.05) is 20.9 Å². The minimum Gasteiger partial charge on any atom is -0.309 e. The summed E-state index contributed by atoms with van der Waals surface area (Å²) < 4.78 is 16.9. The molecule has 0 spiro atoms. The molecule has 0 fully saturated rings. The van der Waals surface area contributed by atoms with Gasteiger partial charge in [0.15, 0.2) is 0 Å². The molecule has 0 N–H and O–H groups in total. The molecule has 0 radical (unpaired) electrons. The minimum absolute atomic E-state index is 0.229. The minimum atomic E-state index is -0.229. The van der Waals surface area contributed by atoms with Crippen molar-refractivity contribution in [3.8, 4) is 5.69 Å². The fourth-order valence-corrected chi connectivity index (χ4v) is 5.50. The standard InChI is InChI=1S/C28H15BrFN/c29-19-7-13-22-24(15-19)31(21-10-8-20(30)9-11-21)25-14-18-5-4-16-2-1-3-17-6-12-23(28(22)25)27(18)26(16)17/h1-15H. The maximum atomic E-state index is 13.7. The average Bonchev–Trinajstić information content (AvgIpc) is 3.11. The van der Waals surface area contributed by atoms with E-state index in [4.69, 9.17) is 0 Å². The van der Waals surface area contributed by atoms with E-state index in [0.29, 0.717) is 0 Å². The first-order valence-corrected chi connectivity index (χ1v) is 11.0. The van der Waals surface area contributed by atoms with E-state index >= 15 is 0 Å². The monoisotopic (exact) mass is 463 g/mol. The second-order valence-corrected chi connectivity index (χ2v) is 9.02. The van der Waals surface area contributed by atoms with Crippen molar-refractivity contribution < 1.29 is 4.39 Å². The van der Waals surface area contributed by atoms with E-state index in [1.807, 2.05) is 12.1 Å². The van der Waals surface area contributed by atoms with Gasteiger partial charge in [0.1, 0.15) is 5.82 Å². The van der Waals surface area contributed by atoms with E-state index in [9.17, 15) is 4.39 Å². The molecule has 0 unspecified atom stereocenters. The van der Waals surface area contributed by atoms with Crippen molar-refractivity contribution in [1.29, 1.82) is 0 Å². The Bertz CT molecular complexity index is 1780. The van der Waals surface area contributed by atoms with Crippen LogP contribution in [-0.4, -0.2) is 4.57 Å². The fraction of sp³-hybridized carbons (Fsp3) is 0. The SMILES string of the molecule is Fc1ccc(-n2c3cc(Br)ccc3c3c4ccc5cccc6ccc(cc32)c4c65)cc1. The molecule has 1 heterocycles. The lowest BCUT2D eigenvalue weighted by molar-refractivity contribution is 0.627. The highest BCUT2D eigenvalue weighted by Crippen LogP contribution is 2.43. The third kappa shape index (κ3) is 2.30. The second-order valence-electron chi connectivity index (χ2n) is 8.10. The molecule has 7 rings (SSSR count). The van der Waals surface area contributed by atoms with Crippen molar-refractivity contribution in [2.24, 2.45) is 0 Å². The van der Waals surface area contributed by atoms with Gasteiger partial charge in [0.25, 0.3) is 0 Å². The number of benzene rings is 6. The summed E-state index contributed by atoms with van der Waals surface area (Å²) in [7, 11) is 0. The van der Waals surface area contributed by atoms with Crippen molar-refractivity contribution in [1.82, 2.24) is 4.57 Å². The first-order valence-electron chi connectivity index (χ1n) is 10.3. The van der Waals surface area contributed by atoms with Crippen LogP contribution in [0.25, 0.3) is 59.8 Å². The Kier molecular flexibility index (Phi) is 3.37. The van der Waals surface area contributed by atoms with Gasteiger partial charge in [-0.05, 0) is 74.8 Å². The van der Waals surface area contributed by atoms with Crippen LogP contribution in [0.2, 0.25) is 0 Å². The van der Waals surface area contributed by atoms with Crippen molar-refractivity contribution in [3.05, 3.63) is 101 Å². The molecule has 0 atom stereocenters. The second kappa shape index (κ2) is 6.05. The fourth-order valence-electron chi connectivity index (χ4n) is 5.15. The van der Waals surface area contributed by atoms with E-state index in [-0.39, 0.29) is 5.82 Å². The summed E-state index contributed by atoms with van der Waals surface area (Å²) in [5.74, 6) is -0.229. The first kappa shape index (κ1) is 17.3. The predicted molar refractivity (Wildman–Crippen MR) is 132 cm³/mol. The molecule has 6 aromatic carbocycles. The number of nitrogens with zero attached hydrogens (tertiary/aromatic N) is 1. The lowest BCUT2D eigenvalue weighted by Crippen LogP contribution is -1.94. The summed E-state index contributed by atoms with van der Waals surface area (Å²) in [4.78, 5) is 0. The highest BCUT2D eigenvalue weighted by atomic mass is 79.9. The van der Waals surface area contributed by atoms with Crippen LogP contribution in [0.5, 0.6) is 0 Å². The molecule has 0 bridgehead atoms. The van der Waals surface area contributed by atoms with Crippen LogP contribution in [0, 0.1) is 5.82 Å². The molecule has 0 saturated heterocycles. The third-order valence-electron chi connectivity index (χ3n) is 6.42.